The zero-order chi connectivity index (χ0) is 14.7. The van der Waals surface area contributed by atoms with Crippen molar-refractivity contribution >= 4 is 28.9 Å². The summed E-state index contributed by atoms with van der Waals surface area (Å²) >= 11 is 5.88. The van der Waals surface area contributed by atoms with Gasteiger partial charge in [-0.15, -0.1) is 0 Å². The van der Waals surface area contributed by atoms with Crippen LogP contribution in [0.2, 0.25) is 5.02 Å². The molecule has 4 nitrogen and oxygen atoms in total. The van der Waals surface area contributed by atoms with Gasteiger partial charge in [-0.05, 0) is 30.3 Å². The van der Waals surface area contributed by atoms with Crippen molar-refractivity contribution in [2.24, 2.45) is 0 Å². The minimum Gasteiger partial charge on any atom is -0.478 e. The second-order valence-corrected chi connectivity index (χ2v) is 4.31. The quantitative estimate of drug-likeness (QED) is 0.902. The summed E-state index contributed by atoms with van der Waals surface area (Å²) in [6.45, 7) is 0. The van der Waals surface area contributed by atoms with E-state index in [0.717, 1.165) is 12.1 Å². The number of carbonyl (C=O) groups is 1. The number of hydrogen-bond acceptors (Lipinski definition) is 3. The van der Waals surface area contributed by atoms with Gasteiger partial charge in [-0.25, -0.2) is 9.18 Å². The molecule has 6 heteroatoms. The Labute approximate surface area is 119 Å². The fraction of sp³-hybridized carbons (Fsp3) is 0. The van der Waals surface area contributed by atoms with E-state index in [1.165, 1.54) is 6.07 Å². The Kier molecular flexibility index (Phi) is 3.87. The molecule has 0 bridgehead atoms. The zero-order valence-corrected chi connectivity index (χ0v) is 10.8. The number of nitriles is 1. The molecule has 0 amide bonds. The van der Waals surface area contributed by atoms with E-state index in [1.54, 1.807) is 18.2 Å². The molecule has 0 aliphatic heterocycles. The Morgan fingerprint density at radius 1 is 1.35 bits per heavy atom. The summed E-state index contributed by atoms with van der Waals surface area (Å²) in [5, 5.41) is 20.9. The number of aromatic carboxylic acids is 1. The van der Waals surface area contributed by atoms with E-state index >= 15 is 0 Å². The van der Waals surface area contributed by atoms with Crippen molar-refractivity contribution in [2.45, 2.75) is 0 Å². The molecule has 0 unspecified atom stereocenters. The standard InChI is InChI=1S/C14H8ClFN2O2/c15-11-2-1-3-13(10(11)7-17)18-8-4-5-9(14(19)20)12(16)6-8/h1-6,18H,(H,19,20). The maximum atomic E-state index is 13.6. The smallest absolute Gasteiger partial charge is 0.338 e. The van der Waals surface area contributed by atoms with Gasteiger partial charge >= 0.3 is 5.97 Å². The van der Waals surface area contributed by atoms with Crippen LogP contribution in [0.3, 0.4) is 0 Å². The summed E-state index contributed by atoms with van der Waals surface area (Å²) in [5.74, 6) is -2.20. The molecule has 0 saturated heterocycles. The van der Waals surface area contributed by atoms with E-state index in [2.05, 4.69) is 5.32 Å². The van der Waals surface area contributed by atoms with Crippen LogP contribution in [0.25, 0.3) is 0 Å². The number of carboxylic acid groups (broad SMARTS) is 1. The lowest BCUT2D eigenvalue weighted by molar-refractivity contribution is 0.0692. The average molecular weight is 291 g/mol. The van der Waals surface area contributed by atoms with Crippen LogP contribution in [0.15, 0.2) is 36.4 Å². The molecule has 0 aliphatic rings. The fourth-order valence-electron chi connectivity index (χ4n) is 1.66. The van der Waals surface area contributed by atoms with Gasteiger partial charge in [0, 0.05) is 5.69 Å². The molecule has 0 saturated carbocycles. The molecule has 0 spiro atoms. The van der Waals surface area contributed by atoms with Crippen LogP contribution in [0.1, 0.15) is 15.9 Å². The number of hydrogen-bond donors (Lipinski definition) is 2. The Morgan fingerprint density at radius 2 is 2.10 bits per heavy atom. The third kappa shape index (κ3) is 2.71. The lowest BCUT2D eigenvalue weighted by Crippen LogP contribution is -2.01. The van der Waals surface area contributed by atoms with Gasteiger partial charge in [0.25, 0.3) is 0 Å². The topological polar surface area (TPSA) is 73.1 Å². The highest BCUT2D eigenvalue weighted by atomic mass is 35.5. The Balaban J connectivity index is 2.37. The molecule has 0 fully saturated rings. The monoisotopic (exact) mass is 290 g/mol. The van der Waals surface area contributed by atoms with Crippen LogP contribution in [0.5, 0.6) is 0 Å². The van der Waals surface area contributed by atoms with Gasteiger partial charge in [0.2, 0.25) is 0 Å². The highest BCUT2D eigenvalue weighted by molar-refractivity contribution is 6.32. The SMILES string of the molecule is N#Cc1c(Cl)cccc1Nc1ccc(C(=O)O)c(F)c1. The molecular formula is C14H8ClFN2O2. The van der Waals surface area contributed by atoms with Crippen LogP contribution >= 0.6 is 11.6 Å². The van der Waals surface area contributed by atoms with E-state index in [9.17, 15) is 9.18 Å². The number of benzene rings is 2. The summed E-state index contributed by atoms with van der Waals surface area (Å²) in [7, 11) is 0. The normalized spacial score (nSPS) is 9.85. The molecule has 2 rings (SSSR count). The molecule has 20 heavy (non-hydrogen) atoms. The van der Waals surface area contributed by atoms with Crippen LogP contribution < -0.4 is 5.32 Å². The number of nitrogens with zero attached hydrogens (tertiary/aromatic N) is 1. The predicted molar refractivity (Wildman–Crippen MR) is 72.8 cm³/mol. The van der Waals surface area contributed by atoms with Crippen molar-refractivity contribution in [1.82, 2.24) is 0 Å². The molecule has 2 N–H and O–H groups in total. The molecule has 0 aliphatic carbocycles. The molecule has 0 radical (unpaired) electrons. The van der Waals surface area contributed by atoms with Crippen molar-refractivity contribution in [3.8, 4) is 6.07 Å². The van der Waals surface area contributed by atoms with Crippen LogP contribution in [0, 0.1) is 17.1 Å². The van der Waals surface area contributed by atoms with Crippen molar-refractivity contribution in [1.29, 1.82) is 5.26 Å². The third-order valence-electron chi connectivity index (χ3n) is 2.60. The van der Waals surface area contributed by atoms with Gasteiger partial charge in [-0.2, -0.15) is 5.26 Å². The maximum absolute atomic E-state index is 13.6. The molecule has 0 heterocycles. The van der Waals surface area contributed by atoms with Crippen molar-refractivity contribution in [3.63, 3.8) is 0 Å². The maximum Gasteiger partial charge on any atom is 0.338 e. The molecule has 2 aromatic rings. The lowest BCUT2D eigenvalue weighted by atomic mass is 10.1. The van der Waals surface area contributed by atoms with Crippen molar-refractivity contribution < 1.29 is 14.3 Å². The largest absolute Gasteiger partial charge is 0.478 e. The number of nitrogens with one attached hydrogen (secondary N) is 1. The van der Waals surface area contributed by atoms with Crippen LogP contribution in [-0.2, 0) is 0 Å². The zero-order valence-electron chi connectivity index (χ0n) is 10.0. The molecule has 2 aromatic carbocycles. The van der Waals surface area contributed by atoms with Gasteiger partial charge in [0.1, 0.15) is 11.9 Å². The second kappa shape index (κ2) is 5.59. The summed E-state index contributed by atoms with van der Waals surface area (Å²) in [4.78, 5) is 10.7. The van der Waals surface area contributed by atoms with Gasteiger partial charge in [-0.1, -0.05) is 17.7 Å². The molecule has 100 valence electrons. The molecule has 0 aromatic heterocycles. The molecule has 0 atom stereocenters. The number of halogens is 2. The van der Waals surface area contributed by atoms with Crippen LogP contribution in [0.4, 0.5) is 15.8 Å². The summed E-state index contributed by atoms with van der Waals surface area (Å²) in [5.41, 5.74) is 0.563. The summed E-state index contributed by atoms with van der Waals surface area (Å²) in [6.07, 6.45) is 0. The first kappa shape index (κ1) is 13.8. The van der Waals surface area contributed by atoms with Crippen molar-refractivity contribution in [3.05, 3.63) is 58.4 Å². The van der Waals surface area contributed by atoms with Gasteiger partial charge in [0.15, 0.2) is 0 Å². The Morgan fingerprint density at radius 3 is 2.70 bits per heavy atom. The fourth-order valence-corrected chi connectivity index (χ4v) is 1.88. The van der Waals surface area contributed by atoms with E-state index in [0.29, 0.717) is 11.4 Å². The number of anilines is 2. The highest BCUT2D eigenvalue weighted by Crippen LogP contribution is 2.27. The minimum atomic E-state index is -1.34. The first-order valence-electron chi connectivity index (χ1n) is 5.51. The predicted octanol–water partition coefficient (Wildman–Crippen LogP) is 3.79. The van der Waals surface area contributed by atoms with Crippen molar-refractivity contribution in [2.75, 3.05) is 5.32 Å². The lowest BCUT2D eigenvalue weighted by Gasteiger charge is -2.09. The first-order chi connectivity index (χ1) is 9.52. The second-order valence-electron chi connectivity index (χ2n) is 3.90. The first-order valence-corrected chi connectivity index (χ1v) is 5.89. The third-order valence-corrected chi connectivity index (χ3v) is 2.92. The Hall–Kier alpha value is -2.58. The van der Waals surface area contributed by atoms with Gasteiger partial charge in [-0.3, -0.25) is 0 Å². The molecular weight excluding hydrogens is 283 g/mol. The van der Waals surface area contributed by atoms with Gasteiger partial charge in [0.05, 0.1) is 21.8 Å². The van der Waals surface area contributed by atoms with E-state index in [-0.39, 0.29) is 10.6 Å². The van der Waals surface area contributed by atoms with E-state index in [1.807, 2.05) is 6.07 Å². The number of carboxylic acids is 1. The van der Waals surface area contributed by atoms with Crippen LogP contribution in [-0.4, -0.2) is 11.1 Å². The highest BCUT2D eigenvalue weighted by Gasteiger charge is 2.12. The number of rotatable bonds is 3. The van der Waals surface area contributed by atoms with E-state index in [4.69, 9.17) is 22.0 Å². The van der Waals surface area contributed by atoms with Gasteiger partial charge < -0.3 is 10.4 Å². The summed E-state index contributed by atoms with van der Waals surface area (Å²) in [6, 6.07) is 10.4. The minimum absolute atomic E-state index is 0.233. The van der Waals surface area contributed by atoms with E-state index < -0.39 is 17.3 Å². The summed E-state index contributed by atoms with van der Waals surface area (Å²) < 4.78 is 13.6. The average Bonchev–Trinajstić information content (AvgIpc) is 2.38. The Bertz CT molecular complexity index is 726.